The molecule has 0 saturated heterocycles. The minimum atomic E-state index is 0.598. The summed E-state index contributed by atoms with van der Waals surface area (Å²) in [4.78, 5) is 0. The van der Waals surface area contributed by atoms with Crippen molar-refractivity contribution in [2.45, 2.75) is 39.5 Å². The molecule has 0 unspecified atom stereocenters. The lowest BCUT2D eigenvalue weighted by Gasteiger charge is -2.03. The summed E-state index contributed by atoms with van der Waals surface area (Å²) in [6.07, 6.45) is 0. The molecule has 0 bridgehead atoms. The molecule has 0 aliphatic carbocycles. The summed E-state index contributed by atoms with van der Waals surface area (Å²) < 4.78 is 0. The second-order valence-corrected chi connectivity index (χ2v) is 5.39. The molecule has 2 N–H and O–H groups in total. The standard InChI is InChI=1S/C9H13N.C9H12/c1-7(2)8-3-5-9(10)6-4-8;1-8(2)9-6-4-3-5-7-9/h3-7H,10H2,1-2H3;3-8H,1-2H3. The van der Waals surface area contributed by atoms with Crippen molar-refractivity contribution in [2.75, 3.05) is 5.73 Å². The van der Waals surface area contributed by atoms with Crippen LogP contribution < -0.4 is 5.73 Å². The van der Waals surface area contributed by atoms with Crippen LogP contribution >= 0.6 is 0 Å². The fourth-order valence-corrected chi connectivity index (χ4v) is 1.72. The fraction of sp³-hybridized carbons (Fsp3) is 0.333. The van der Waals surface area contributed by atoms with E-state index < -0.39 is 0 Å². The topological polar surface area (TPSA) is 26.0 Å². The van der Waals surface area contributed by atoms with Crippen LogP contribution in [0.4, 0.5) is 5.69 Å². The molecule has 102 valence electrons. The Morgan fingerprint density at radius 3 is 1.42 bits per heavy atom. The zero-order valence-electron chi connectivity index (χ0n) is 12.4. The van der Waals surface area contributed by atoms with Crippen LogP contribution in [0.5, 0.6) is 0 Å². The molecule has 2 rings (SSSR count). The Morgan fingerprint density at radius 1 is 0.632 bits per heavy atom. The van der Waals surface area contributed by atoms with Crippen LogP contribution in [0.25, 0.3) is 0 Å². The monoisotopic (exact) mass is 255 g/mol. The fourth-order valence-electron chi connectivity index (χ4n) is 1.72. The Morgan fingerprint density at radius 2 is 1.05 bits per heavy atom. The van der Waals surface area contributed by atoms with E-state index >= 15 is 0 Å². The van der Waals surface area contributed by atoms with Gasteiger partial charge in [0.2, 0.25) is 0 Å². The summed E-state index contributed by atoms with van der Waals surface area (Å²) in [5.74, 6) is 1.26. The molecule has 2 aromatic carbocycles. The molecule has 0 aliphatic heterocycles. The molecule has 0 amide bonds. The molecule has 0 spiro atoms. The van der Waals surface area contributed by atoms with E-state index in [4.69, 9.17) is 5.73 Å². The van der Waals surface area contributed by atoms with Crippen LogP contribution in [-0.4, -0.2) is 0 Å². The Balaban J connectivity index is 0.000000191. The number of hydrogen-bond acceptors (Lipinski definition) is 1. The summed E-state index contributed by atoms with van der Waals surface area (Å²) in [5, 5.41) is 0. The highest BCUT2D eigenvalue weighted by atomic mass is 14.5. The summed E-state index contributed by atoms with van der Waals surface area (Å²) >= 11 is 0. The van der Waals surface area contributed by atoms with Crippen LogP contribution in [0.1, 0.15) is 50.7 Å². The highest BCUT2D eigenvalue weighted by Gasteiger charge is 1.95. The van der Waals surface area contributed by atoms with Gasteiger partial charge in [0.15, 0.2) is 0 Å². The van der Waals surface area contributed by atoms with Gasteiger partial charge in [0, 0.05) is 5.69 Å². The van der Waals surface area contributed by atoms with E-state index in [1.54, 1.807) is 0 Å². The minimum Gasteiger partial charge on any atom is -0.399 e. The highest BCUT2D eigenvalue weighted by molar-refractivity contribution is 5.39. The predicted octanol–water partition coefficient (Wildman–Crippen LogP) is 5.20. The lowest BCUT2D eigenvalue weighted by molar-refractivity contribution is 0.867. The van der Waals surface area contributed by atoms with Crippen molar-refractivity contribution in [3.63, 3.8) is 0 Å². The summed E-state index contributed by atoms with van der Waals surface area (Å²) in [5.41, 5.74) is 9.12. The van der Waals surface area contributed by atoms with Crippen LogP contribution in [0.15, 0.2) is 54.6 Å². The van der Waals surface area contributed by atoms with Gasteiger partial charge in [-0.05, 0) is 35.1 Å². The van der Waals surface area contributed by atoms with Gasteiger partial charge in [-0.1, -0.05) is 70.2 Å². The van der Waals surface area contributed by atoms with Crippen molar-refractivity contribution in [3.8, 4) is 0 Å². The quantitative estimate of drug-likeness (QED) is 0.733. The minimum absolute atomic E-state index is 0.598. The van der Waals surface area contributed by atoms with E-state index in [0.29, 0.717) is 11.8 Å². The lowest BCUT2D eigenvalue weighted by Crippen LogP contribution is -1.88. The lowest BCUT2D eigenvalue weighted by atomic mass is 10.0. The van der Waals surface area contributed by atoms with Crippen LogP contribution in [-0.2, 0) is 0 Å². The third-order valence-corrected chi connectivity index (χ3v) is 3.07. The maximum absolute atomic E-state index is 5.53. The molecule has 0 atom stereocenters. The van der Waals surface area contributed by atoms with Gasteiger partial charge in [-0.3, -0.25) is 0 Å². The van der Waals surface area contributed by atoms with Gasteiger partial charge in [-0.2, -0.15) is 0 Å². The molecule has 1 nitrogen and oxygen atoms in total. The summed E-state index contributed by atoms with van der Waals surface area (Å²) in [6.45, 7) is 8.75. The van der Waals surface area contributed by atoms with E-state index in [-0.39, 0.29) is 0 Å². The van der Waals surface area contributed by atoms with Crippen molar-refractivity contribution < 1.29 is 0 Å². The summed E-state index contributed by atoms with van der Waals surface area (Å²) in [7, 11) is 0. The first kappa shape index (κ1) is 15.3. The second-order valence-electron chi connectivity index (χ2n) is 5.39. The Kier molecular flexibility index (Phi) is 6.14. The first-order valence-electron chi connectivity index (χ1n) is 6.91. The molecule has 0 fully saturated rings. The van der Waals surface area contributed by atoms with E-state index in [2.05, 4.69) is 64.1 Å². The van der Waals surface area contributed by atoms with Crippen LogP contribution in [0.3, 0.4) is 0 Å². The summed E-state index contributed by atoms with van der Waals surface area (Å²) in [6, 6.07) is 18.5. The highest BCUT2D eigenvalue weighted by Crippen LogP contribution is 2.15. The molecular formula is C18H25N. The van der Waals surface area contributed by atoms with Gasteiger partial charge >= 0.3 is 0 Å². The number of hydrogen-bond donors (Lipinski definition) is 1. The number of anilines is 1. The molecule has 19 heavy (non-hydrogen) atoms. The first-order valence-corrected chi connectivity index (χ1v) is 6.91. The smallest absolute Gasteiger partial charge is 0.0314 e. The molecule has 1 heteroatoms. The zero-order chi connectivity index (χ0) is 14.3. The normalized spacial score (nSPS) is 10.2. The van der Waals surface area contributed by atoms with Gasteiger partial charge < -0.3 is 5.73 Å². The van der Waals surface area contributed by atoms with Crippen molar-refractivity contribution in [1.82, 2.24) is 0 Å². The molecule has 2 aromatic rings. The Labute approximate surface area is 117 Å². The first-order chi connectivity index (χ1) is 9.00. The van der Waals surface area contributed by atoms with Crippen molar-refractivity contribution in [1.29, 1.82) is 0 Å². The van der Waals surface area contributed by atoms with Gasteiger partial charge in [0.05, 0.1) is 0 Å². The molecule has 0 heterocycles. The van der Waals surface area contributed by atoms with E-state index in [9.17, 15) is 0 Å². The van der Waals surface area contributed by atoms with Gasteiger partial charge in [0.1, 0.15) is 0 Å². The average Bonchev–Trinajstić information content (AvgIpc) is 2.41. The number of benzene rings is 2. The van der Waals surface area contributed by atoms with Gasteiger partial charge in [-0.15, -0.1) is 0 Å². The number of nitrogen functional groups attached to an aromatic ring is 1. The molecule has 0 aromatic heterocycles. The van der Waals surface area contributed by atoms with Crippen molar-refractivity contribution >= 4 is 5.69 Å². The zero-order valence-corrected chi connectivity index (χ0v) is 12.4. The molecule has 0 saturated carbocycles. The number of nitrogens with two attached hydrogens (primary N) is 1. The second kappa shape index (κ2) is 7.63. The Bertz CT molecular complexity index is 455. The predicted molar refractivity (Wildman–Crippen MR) is 85.5 cm³/mol. The third kappa shape index (κ3) is 5.60. The number of rotatable bonds is 2. The average molecular weight is 255 g/mol. The molecule has 0 aliphatic rings. The van der Waals surface area contributed by atoms with Crippen molar-refractivity contribution in [2.24, 2.45) is 0 Å². The maximum atomic E-state index is 5.53. The van der Waals surface area contributed by atoms with Crippen molar-refractivity contribution in [3.05, 3.63) is 65.7 Å². The van der Waals surface area contributed by atoms with Gasteiger partial charge in [-0.25, -0.2) is 0 Å². The largest absolute Gasteiger partial charge is 0.399 e. The molecular weight excluding hydrogens is 230 g/mol. The van der Waals surface area contributed by atoms with E-state index in [1.807, 2.05) is 18.2 Å². The SMILES string of the molecule is CC(C)c1ccc(N)cc1.CC(C)c1ccccc1. The third-order valence-electron chi connectivity index (χ3n) is 3.07. The van der Waals surface area contributed by atoms with Gasteiger partial charge in [0.25, 0.3) is 0 Å². The maximum Gasteiger partial charge on any atom is 0.0314 e. The van der Waals surface area contributed by atoms with E-state index in [1.165, 1.54) is 11.1 Å². The Hall–Kier alpha value is -1.76. The van der Waals surface area contributed by atoms with Crippen LogP contribution in [0, 0.1) is 0 Å². The van der Waals surface area contributed by atoms with E-state index in [0.717, 1.165) is 5.69 Å². The molecule has 0 radical (unpaired) electrons. The van der Waals surface area contributed by atoms with Crippen LogP contribution in [0.2, 0.25) is 0 Å².